The summed E-state index contributed by atoms with van der Waals surface area (Å²) in [4.78, 5) is 13.6. The van der Waals surface area contributed by atoms with Crippen LogP contribution in [0.1, 0.15) is 24.0 Å². The molecular formula is C13H18N2O. The number of likely N-dealkylation sites (N-methyl/N-ethyl adjacent to an activating group) is 1. The van der Waals surface area contributed by atoms with Gasteiger partial charge in [0.05, 0.1) is 5.54 Å². The average molecular weight is 218 g/mol. The van der Waals surface area contributed by atoms with Gasteiger partial charge >= 0.3 is 0 Å². The third kappa shape index (κ3) is 2.25. The molecule has 86 valence electrons. The summed E-state index contributed by atoms with van der Waals surface area (Å²) in [5.74, 6) is 0.0630. The van der Waals surface area contributed by atoms with E-state index in [1.165, 1.54) is 5.56 Å². The number of hydrogen-bond acceptors (Lipinski definition) is 2. The van der Waals surface area contributed by atoms with Crippen LogP contribution in [0.15, 0.2) is 24.3 Å². The van der Waals surface area contributed by atoms with Crippen LogP contribution < -0.4 is 5.73 Å². The molecule has 1 aromatic carbocycles. The minimum absolute atomic E-state index is 0.0630. The van der Waals surface area contributed by atoms with Gasteiger partial charge in [0.1, 0.15) is 0 Å². The third-order valence-corrected chi connectivity index (χ3v) is 3.10. The maximum atomic E-state index is 11.9. The molecule has 1 fully saturated rings. The standard InChI is InChI=1S/C13H18N2O/c1-10-3-5-11(6-4-10)9-15(2)12(16)13(14)7-8-13/h3-6H,7-9,14H2,1-2H3. The van der Waals surface area contributed by atoms with Crippen molar-refractivity contribution in [2.45, 2.75) is 31.8 Å². The van der Waals surface area contributed by atoms with Gasteiger partial charge in [0.25, 0.3) is 0 Å². The molecule has 1 aromatic rings. The Kier molecular flexibility index (Phi) is 2.72. The van der Waals surface area contributed by atoms with Gasteiger partial charge < -0.3 is 10.6 Å². The van der Waals surface area contributed by atoms with Crippen molar-refractivity contribution >= 4 is 5.91 Å². The largest absolute Gasteiger partial charge is 0.340 e. The first-order valence-corrected chi connectivity index (χ1v) is 5.61. The highest BCUT2D eigenvalue weighted by Crippen LogP contribution is 2.34. The molecule has 1 saturated carbocycles. The summed E-state index contributed by atoms with van der Waals surface area (Å²) < 4.78 is 0. The van der Waals surface area contributed by atoms with Gasteiger partial charge in [-0.25, -0.2) is 0 Å². The molecule has 0 saturated heterocycles. The van der Waals surface area contributed by atoms with Gasteiger partial charge in [0.15, 0.2) is 0 Å². The molecule has 1 aliphatic rings. The summed E-state index contributed by atoms with van der Waals surface area (Å²) in [5.41, 5.74) is 7.70. The molecule has 3 heteroatoms. The van der Waals surface area contributed by atoms with E-state index >= 15 is 0 Å². The van der Waals surface area contributed by atoms with E-state index in [9.17, 15) is 4.79 Å². The number of nitrogens with two attached hydrogens (primary N) is 1. The molecule has 0 atom stereocenters. The Hall–Kier alpha value is -1.35. The van der Waals surface area contributed by atoms with Gasteiger partial charge in [-0.1, -0.05) is 29.8 Å². The monoisotopic (exact) mass is 218 g/mol. The van der Waals surface area contributed by atoms with Crippen LogP contribution in [0, 0.1) is 6.92 Å². The number of carbonyl (C=O) groups is 1. The molecule has 1 amide bonds. The molecule has 2 N–H and O–H groups in total. The van der Waals surface area contributed by atoms with E-state index < -0.39 is 5.54 Å². The number of rotatable bonds is 3. The van der Waals surface area contributed by atoms with Crippen molar-refractivity contribution in [1.82, 2.24) is 4.90 Å². The van der Waals surface area contributed by atoms with E-state index in [4.69, 9.17) is 5.73 Å². The second-order valence-electron chi connectivity index (χ2n) is 4.80. The maximum absolute atomic E-state index is 11.9. The highest BCUT2D eigenvalue weighted by atomic mass is 16.2. The van der Waals surface area contributed by atoms with E-state index in [1.807, 2.05) is 7.05 Å². The Morgan fingerprint density at radius 2 is 1.94 bits per heavy atom. The Labute approximate surface area is 96.2 Å². The molecule has 0 spiro atoms. The van der Waals surface area contributed by atoms with Crippen molar-refractivity contribution in [3.8, 4) is 0 Å². The van der Waals surface area contributed by atoms with Crippen molar-refractivity contribution in [3.05, 3.63) is 35.4 Å². The van der Waals surface area contributed by atoms with Gasteiger partial charge in [0, 0.05) is 13.6 Å². The Balaban J connectivity index is 1.99. The van der Waals surface area contributed by atoms with E-state index in [1.54, 1.807) is 4.90 Å². The number of nitrogens with zero attached hydrogens (tertiary/aromatic N) is 1. The first-order valence-electron chi connectivity index (χ1n) is 5.61. The normalized spacial score (nSPS) is 16.9. The fourth-order valence-corrected chi connectivity index (χ4v) is 1.77. The minimum Gasteiger partial charge on any atom is -0.340 e. The van der Waals surface area contributed by atoms with Crippen LogP contribution in [0.4, 0.5) is 0 Å². The highest BCUT2D eigenvalue weighted by Gasteiger charge is 2.47. The fraction of sp³-hybridized carbons (Fsp3) is 0.462. The van der Waals surface area contributed by atoms with E-state index in [-0.39, 0.29) is 5.91 Å². The van der Waals surface area contributed by atoms with Crippen LogP contribution in [-0.2, 0) is 11.3 Å². The van der Waals surface area contributed by atoms with Crippen LogP contribution in [0.3, 0.4) is 0 Å². The Bertz CT molecular complexity index is 393. The molecule has 0 aliphatic heterocycles. The summed E-state index contributed by atoms with van der Waals surface area (Å²) in [5, 5.41) is 0. The van der Waals surface area contributed by atoms with Gasteiger partial charge in [-0.2, -0.15) is 0 Å². The molecule has 0 bridgehead atoms. The average Bonchev–Trinajstić information content (AvgIpc) is 3.00. The zero-order valence-corrected chi connectivity index (χ0v) is 9.86. The van der Waals surface area contributed by atoms with Gasteiger partial charge in [-0.15, -0.1) is 0 Å². The van der Waals surface area contributed by atoms with Crippen LogP contribution in [0.5, 0.6) is 0 Å². The number of amides is 1. The van der Waals surface area contributed by atoms with Crippen molar-refractivity contribution in [3.63, 3.8) is 0 Å². The first-order chi connectivity index (χ1) is 7.51. The van der Waals surface area contributed by atoms with Crippen LogP contribution in [-0.4, -0.2) is 23.4 Å². The second-order valence-corrected chi connectivity index (χ2v) is 4.80. The van der Waals surface area contributed by atoms with Gasteiger partial charge in [-0.05, 0) is 25.3 Å². The third-order valence-electron chi connectivity index (χ3n) is 3.10. The lowest BCUT2D eigenvalue weighted by Gasteiger charge is -2.21. The summed E-state index contributed by atoms with van der Waals surface area (Å²) in [6, 6.07) is 8.22. The highest BCUT2D eigenvalue weighted by molar-refractivity contribution is 5.88. The summed E-state index contributed by atoms with van der Waals surface area (Å²) in [6.45, 7) is 2.69. The summed E-state index contributed by atoms with van der Waals surface area (Å²) in [7, 11) is 1.81. The molecule has 0 unspecified atom stereocenters. The predicted molar refractivity (Wildman–Crippen MR) is 63.8 cm³/mol. The van der Waals surface area contributed by atoms with E-state index in [2.05, 4.69) is 31.2 Å². The van der Waals surface area contributed by atoms with Crippen molar-refractivity contribution in [2.24, 2.45) is 5.73 Å². The predicted octanol–water partition coefficient (Wildman–Crippen LogP) is 1.44. The zero-order chi connectivity index (χ0) is 11.8. The first kappa shape index (κ1) is 11.1. The Morgan fingerprint density at radius 3 is 2.44 bits per heavy atom. The lowest BCUT2D eigenvalue weighted by Crippen LogP contribution is -2.43. The molecule has 16 heavy (non-hydrogen) atoms. The fourth-order valence-electron chi connectivity index (χ4n) is 1.77. The molecule has 0 heterocycles. The second kappa shape index (κ2) is 3.91. The lowest BCUT2D eigenvalue weighted by atomic mass is 10.1. The van der Waals surface area contributed by atoms with E-state index in [0.717, 1.165) is 18.4 Å². The number of benzene rings is 1. The van der Waals surface area contributed by atoms with Crippen LogP contribution >= 0.6 is 0 Å². The molecule has 3 nitrogen and oxygen atoms in total. The maximum Gasteiger partial charge on any atom is 0.242 e. The molecule has 0 radical (unpaired) electrons. The van der Waals surface area contributed by atoms with Crippen molar-refractivity contribution in [1.29, 1.82) is 0 Å². The summed E-state index contributed by atoms with van der Waals surface area (Å²) in [6.07, 6.45) is 1.65. The van der Waals surface area contributed by atoms with Crippen LogP contribution in [0.2, 0.25) is 0 Å². The zero-order valence-electron chi connectivity index (χ0n) is 9.86. The molecule has 2 rings (SSSR count). The topological polar surface area (TPSA) is 46.3 Å². The lowest BCUT2D eigenvalue weighted by molar-refractivity contribution is -0.132. The quantitative estimate of drug-likeness (QED) is 0.834. The SMILES string of the molecule is Cc1ccc(CN(C)C(=O)C2(N)CC2)cc1. The van der Waals surface area contributed by atoms with Gasteiger partial charge in [-0.3, -0.25) is 4.79 Å². The van der Waals surface area contributed by atoms with Crippen molar-refractivity contribution < 1.29 is 4.79 Å². The van der Waals surface area contributed by atoms with Gasteiger partial charge in [0.2, 0.25) is 5.91 Å². The molecule has 1 aliphatic carbocycles. The number of carbonyl (C=O) groups excluding carboxylic acids is 1. The van der Waals surface area contributed by atoms with E-state index in [0.29, 0.717) is 6.54 Å². The molecular weight excluding hydrogens is 200 g/mol. The van der Waals surface area contributed by atoms with Crippen LogP contribution in [0.25, 0.3) is 0 Å². The minimum atomic E-state index is -0.556. The summed E-state index contributed by atoms with van der Waals surface area (Å²) >= 11 is 0. The smallest absolute Gasteiger partial charge is 0.242 e. The molecule has 0 aromatic heterocycles. The number of hydrogen-bond donors (Lipinski definition) is 1. The van der Waals surface area contributed by atoms with Crippen molar-refractivity contribution in [2.75, 3.05) is 7.05 Å². The Morgan fingerprint density at radius 1 is 1.38 bits per heavy atom. The number of aryl methyl sites for hydroxylation is 1.